The molecule has 18 heavy (non-hydrogen) atoms. The van der Waals surface area contributed by atoms with Gasteiger partial charge in [-0.25, -0.2) is 0 Å². The van der Waals surface area contributed by atoms with Gasteiger partial charge in [0.05, 0.1) is 18.9 Å². The molecule has 0 bridgehead atoms. The number of likely N-dealkylation sites (N-methyl/N-ethyl adjacent to an activating group) is 1. The van der Waals surface area contributed by atoms with Crippen LogP contribution in [0.2, 0.25) is 0 Å². The van der Waals surface area contributed by atoms with Crippen LogP contribution in [0.1, 0.15) is 47.0 Å². The predicted molar refractivity (Wildman–Crippen MR) is 76.0 cm³/mol. The van der Waals surface area contributed by atoms with Crippen molar-refractivity contribution in [2.24, 2.45) is 0 Å². The highest BCUT2D eigenvalue weighted by molar-refractivity contribution is 7.12. The van der Waals surface area contributed by atoms with Gasteiger partial charge in [0.1, 0.15) is 0 Å². The van der Waals surface area contributed by atoms with Crippen LogP contribution in [-0.4, -0.2) is 13.7 Å². The Morgan fingerprint density at radius 2 is 2.11 bits per heavy atom. The fourth-order valence-corrected chi connectivity index (χ4v) is 4.37. The van der Waals surface area contributed by atoms with E-state index in [0.29, 0.717) is 6.04 Å². The zero-order valence-electron chi connectivity index (χ0n) is 11.0. The highest BCUT2D eigenvalue weighted by Gasteiger charge is 2.22. The molecule has 1 aliphatic carbocycles. The molecule has 3 heteroatoms. The molecule has 0 amide bonds. The molecule has 0 radical (unpaired) electrons. The second kappa shape index (κ2) is 5.45. The predicted octanol–water partition coefficient (Wildman–Crippen LogP) is 3.58. The fraction of sp³-hybridized carbons (Fsp3) is 0.600. The van der Waals surface area contributed by atoms with Crippen LogP contribution in [0.3, 0.4) is 0 Å². The van der Waals surface area contributed by atoms with Crippen molar-refractivity contribution in [3.8, 4) is 0 Å². The summed E-state index contributed by atoms with van der Waals surface area (Å²) in [7, 11) is 2.05. The molecule has 2 aliphatic rings. The van der Waals surface area contributed by atoms with Gasteiger partial charge >= 0.3 is 0 Å². The Labute approximate surface area is 113 Å². The first-order valence-electron chi connectivity index (χ1n) is 6.98. The van der Waals surface area contributed by atoms with Gasteiger partial charge < -0.3 is 10.1 Å². The molecule has 1 aromatic heterocycles. The van der Waals surface area contributed by atoms with Gasteiger partial charge in [-0.2, -0.15) is 0 Å². The van der Waals surface area contributed by atoms with E-state index in [1.807, 2.05) is 17.6 Å². The number of fused-ring (bicyclic) bond motifs is 1. The number of aryl methyl sites for hydroxylation is 2. The Kier molecular flexibility index (Phi) is 3.71. The molecule has 0 aromatic carbocycles. The number of hydrogen-bond acceptors (Lipinski definition) is 3. The van der Waals surface area contributed by atoms with Crippen LogP contribution in [0, 0.1) is 0 Å². The second-order valence-corrected chi connectivity index (χ2v) is 6.36. The van der Waals surface area contributed by atoms with Gasteiger partial charge in [-0.05, 0) is 62.8 Å². The Morgan fingerprint density at radius 3 is 2.83 bits per heavy atom. The van der Waals surface area contributed by atoms with Crippen LogP contribution in [0.5, 0.6) is 0 Å². The van der Waals surface area contributed by atoms with Crippen molar-refractivity contribution in [1.82, 2.24) is 5.32 Å². The second-order valence-electron chi connectivity index (χ2n) is 5.19. The van der Waals surface area contributed by atoms with E-state index >= 15 is 0 Å². The topological polar surface area (TPSA) is 21.3 Å². The number of rotatable bonds is 3. The molecule has 0 saturated heterocycles. The van der Waals surface area contributed by atoms with Crippen LogP contribution in [0.25, 0.3) is 0 Å². The standard InChI is InChI=1S/C15H21NOS/c1-16-15(12-6-4-8-17-10-12)14-9-11-5-2-3-7-13(11)18-14/h9-10,15-16H,2-8H2,1H3. The van der Waals surface area contributed by atoms with Crippen LogP contribution < -0.4 is 5.32 Å². The summed E-state index contributed by atoms with van der Waals surface area (Å²) in [5.74, 6) is 0. The molecule has 1 aliphatic heterocycles. The number of hydrogen-bond donors (Lipinski definition) is 1. The fourth-order valence-electron chi connectivity index (χ4n) is 2.96. The maximum absolute atomic E-state index is 5.49. The lowest BCUT2D eigenvalue weighted by molar-refractivity contribution is 0.220. The maximum Gasteiger partial charge on any atom is 0.0876 e. The Hall–Kier alpha value is -0.800. The molecule has 2 nitrogen and oxygen atoms in total. The SMILES string of the molecule is CNC(C1=COCCC1)c1cc2c(s1)CCCC2. The molecule has 98 valence electrons. The summed E-state index contributed by atoms with van der Waals surface area (Å²) in [6.07, 6.45) is 9.57. The van der Waals surface area contributed by atoms with Crippen molar-refractivity contribution >= 4 is 11.3 Å². The normalized spacial score (nSPS) is 20.8. The van der Waals surface area contributed by atoms with Gasteiger partial charge in [-0.3, -0.25) is 0 Å². The van der Waals surface area contributed by atoms with Gasteiger partial charge in [0.25, 0.3) is 0 Å². The summed E-state index contributed by atoms with van der Waals surface area (Å²) in [6.45, 7) is 0.876. The molecular formula is C15H21NOS. The molecule has 1 atom stereocenters. The largest absolute Gasteiger partial charge is 0.501 e. The van der Waals surface area contributed by atoms with Gasteiger partial charge in [-0.1, -0.05) is 0 Å². The first-order valence-corrected chi connectivity index (χ1v) is 7.79. The third-order valence-corrected chi connectivity index (χ3v) is 5.22. The van der Waals surface area contributed by atoms with Gasteiger partial charge in [0.2, 0.25) is 0 Å². The van der Waals surface area contributed by atoms with Gasteiger partial charge in [0, 0.05) is 9.75 Å². The summed E-state index contributed by atoms with van der Waals surface area (Å²) in [5.41, 5.74) is 3.00. The van der Waals surface area contributed by atoms with Crippen LogP contribution in [0.15, 0.2) is 17.9 Å². The quantitative estimate of drug-likeness (QED) is 0.900. The lowest BCUT2D eigenvalue weighted by atomic mass is 9.96. The average molecular weight is 263 g/mol. The van der Waals surface area contributed by atoms with Gasteiger partial charge in [0.15, 0.2) is 0 Å². The van der Waals surface area contributed by atoms with Gasteiger partial charge in [-0.15, -0.1) is 11.3 Å². The minimum atomic E-state index is 0.362. The Balaban J connectivity index is 1.86. The molecular weight excluding hydrogens is 242 g/mol. The van der Waals surface area contributed by atoms with Crippen molar-refractivity contribution in [2.75, 3.05) is 13.7 Å². The third kappa shape index (κ3) is 2.34. The Morgan fingerprint density at radius 1 is 1.22 bits per heavy atom. The third-order valence-electron chi connectivity index (χ3n) is 3.92. The van der Waals surface area contributed by atoms with Crippen molar-refractivity contribution in [3.05, 3.63) is 33.2 Å². The average Bonchev–Trinajstić information content (AvgIpc) is 2.84. The van der Waals surface area contributed by atoms with E-state index in [1.54, 1.807) is 10.4 Å². The number of ether oxygens (including phenoxy) is 1. The molecule has 1 N–H and O–H groups in total. The number of nitrogens with one attached hydrogen (secondary N) is 1. The first-order chi connectivity index (χ1) is 8.88. The summed E-state index contributed by atoms with van der Waals surface area (Å²) in [5, 5.41) is 3.46. The van der Waals surface area contributed by atoms with Crippen LogP contribution in [0.4, 0.5) is 0 Å². The molecule has 0 saturated carbocycles. The minimum Gasteiger partial charge on any atom is -0.501 e. The summed E-state index contributed by atoms with van der Waals surface area (Å²) in [6, 6.07) is 2.79. The van der Waals surface area contributed by atoms with E-state index in [1.165, 1.54) is 36.1 Å². The first kappa shape index (κ1) is 12.2. The van der Waals surface area contributed by atoms with Crippen LogP contribution >= 0.6 is 11.3 Å². The lowest BCUT2D eigenvalue weighted by Crippen LogP contribution is -2.19. The van der Waals surface area contributed by atoms with E-state index in [2.05, 4.69) is 18.4 Å². The van der Waals surface area contributed by atoms with Crippen molar-refractivity contribution < 1.29 is 4.74 Å². The summed E-state index contributed by atoms with van der Waals surface area (Å²) in [4.78, 5) is 3.09. The van der Waals surface area contributed by atoms with E-state index in [-0.39, 0.29) is 0 Å². The minimum absolute atomic E-state index is 0.362. The Bertz CT molecular complexity index is 426. The lowest BCUT2D eigenvalue weighted by Gasteiger charge is -2.21. The monoisotopic (exact) mass is 263 g/mol. The van der Waals surface area contributed by atoms with E-state index < -0.39 is 0 Å². The van der Waals surface area contributed by atoms with Crippen molar-refractivity contribution in [3.63, 3.8) is 0 Å². The maximum atomic E-state index is 5.49. The number of thiophene rings is 1. The van der Waals surface area contributed by atoms with Crippen molar-refractivity contribution in [1.29, 1.82) is 0 Å². The highest BCUT2D eigenvalue weighted by Crippen LogP contribution is 2.36. The van der Waals surface area contributed by atoms with Crippen molar-refractivity contribution in [2.45, 2.75) is 44.6 Å². The summed E-state index contributed by atoms with van der Waals surface area (Å²) < 4.78 is 5.49. The van der Waals surface area contributed by atoms with E-state index in [4.69, 9.17) is 4.74 Å². The zero-order valence-corrected chi connectivity index (χ0v) is 11.8. The zero-order chi connectivity index (χ0) is 12.4. The van der Waals surface area contributed by atoms with E-state index in [9.17, 15) is 0 Å². The smallest absolute Gasteiger partial charge is 0.0876 e. The molecule has 3 rings (SSSR count). The molecule has 0 spiro atoms. The molecule has 2 heterocycles. The molecule has 0 fully saturated rings. The van der Waals surface area contributed by atoms with E-state index in [0.717, 1.165) is 19.4 Å². The summed E-state index contributed by atoms with van der Waals surface area (Å²) >= 11 is 2.00. The molecule has 1 unspecified atom stereocenters. The van der Waals surface area contributed by atoms with Crippen LogP contribution in [-0.2, 0) is 17.6 Å². The highest BCUT2D eigenvalue weighted by atomic mass is 32.1. The molecule has 1 aromatic rings.